The number of para-hydroxylation sites is 1. The van der Waals surface area contributed by atoms with Crippen LogP contribution in [0.5, 0.6) is 0 Å². The van der Waals surface area contributed by atoms with Crippen molar-refractivity contribution in [3.63, 3.8) is 0 Å². The van der Waals surface area contributed by atoms with Crippen molar-refractivity contribution < 1.29 is 0 Å². The number of rotatable bonds is 7. The van der Waals surface area contributed by atoms with Gasteiger partial charge in [-0.1, -0.05) is 155 Å². The molecule has 0 atom stereocenters. The highest BCUT2D eigenvalue weighted by atomic mass is 15.2. The number of nitrogens with zero attached hydrogens (tertiary/aromatic N) is 2. The van der Waals surface area contributed by atoms with Gasteiger partial charge in [-0.05, 0) is 111 Å². The van der Waals surface area contributed by atoms with Gasteiger partial charge < -0.3 is 9.80 Å². The Hall–Kier alpha value is -6.12. The maximum absolute atomic E-state index is 2.53. The lowest BCUT2D eigenvalue weighted by Gasteiger charge is -2.44. The lowest BCUT2D eigenvalue weighted by Crippen LogP contribution is -2.35. The molecular weight excluding hydrogens is 653 g/mol. The van der Waals surface area contributed by atoms with Gasteiger partial charge in [0.25, 0.3) is 0 Å². The monoisotopic (exact) mass is 698 g/mol. The Morgan fingerprint density at radius 2 is 0.815 bits per heavy atom. The minimum Gasteiger partial charge on any atom is -0.310 e. The van der Waals surface area contributed by atoms with Crippen LogP contribution < -0.4 is 9.80 Å². The molecule has 0 saturated heterocycles. The van der Waals surface area contributed by atoms with Crippen LogP contribution in [0.4, 0.5) is 34.1 Å². The van der Waals surface area contributed by atoms with E-state index in [1.807, 2.05) is 0 Å². The number of hydrogen-bond acceptors (Lipinski definition) is 2. The number of fused-ring (bicyclic) bond motifs is 3. The highest BCUT2D eigenvalue weighted by Gasteiger charge is 2.40. The van der Waals surface area contributed by atoms with Crippen molar-refractivity contribution in [2.75, 3.05) is 9.80 Å². The molecule has 0 aromatic heterocycles. The highest BCUT2D eigenvalue weighted by molar-refractivity contribution is 6.01. The second-order valence-corrected chi connectivity index (χ2v) is 16.1. The van der Waals surface area contributed by atoms with Crippen LogP contribution in [0.1, 0.15) is 51.7 Å². The molecule has 2 heteroatoms. The standard InChI is InChI=1S/C52H46N2/c1-51(2)33-34-52(3,4)50-46(51)29-16-32-49(50)54(48-31-15-20-38-18-9-11-28-45(38)48)43-26-13-22-40(36-43)39-21-12-25-42(35-39)53(41-23-6-5-7-24-41)47-30-14-19-37-17-8-10-27-44(37)47/h5-32,35-36H,33-34H2,1-4H3. The van der Waals surface area contributed by atoms with Gasteiger partial charge in [0, 0.05) is 27.8 Å². The van der Waals surface area contributed by atoms with Crippen molar-refractivity contribution in [1.82, 2.24) is 0 Å². The molecule has 0 bridgehead atoms. The minimum absolute atomic E-state index is 0.0265. The molecule has 9 rings (SSSR count). The molecule has 0 radical (unpaired) electrons. The summed E-state index contributed by atoms with van der Waals surface area (Å²) in [6.07, 6.45) is 2.32. The molecule has 1 aliphatic rings. The average Bonchev–Trinajstić information content (AvgIpc) is 3.21. The van der Waals surface area contributed by atoms with Crippen LogP contribution in [-0.4, -0.2) is 0 Å². The van der Waals surface area contributed by atoms with E-state index >= 15 is 0 Å². The number of hydrogen-bond donors (Lipinski definition) is 0. The third kappa shape index (κ3) is 5.93. The summed E-state index contributed by atoms with van der Waals surface area (Å²) in [6, 6.07) is 66.6. The van der Waals surface area contributed by atoms with Crippen molar-refractivity contribution >= 4 is 55.7 Å². The van der Waals surface area contributed by atoms with Crippen LogP contribution in [0.25, 0.3) is 32.7 Å². The van der Waals surface area contributed by atoms with Crippen molar-refractivity contribution in [2.45, 2.75) is 51.4 Å². The Labute approximate surface area is 320 Å². The highest BCUT2D eigenvalue weighted by Crippen LogP contribution is 2.52. The van der Waals surface area contributed by atoms with Crippen LogP contribution in [0.2, 0.25) is 0 Å². The zero-order chi connectivity index (χ0) is 36.9. The Morgan fingerprint density at radius 3 is 1.44 bits per heavy atom. The second kappa shape index (κ2) is 13.4. The van der Waals surface area contributed by atoms with E-state index in [0.717, 1.165) is 29.2 Å². The molecule has 0 heterocycles. The maximum Gasteiger partial charge on any atom is 0.0540 e. The van der Waals surface area contributed by atoms with E-state index in [1.165, 1.54) is 61.6 Å². The van der Waals surface area contributed by atoms with Gasteiger partial charge in [0.1, 0.15) is 0 Å². The molecule has 0 amide bonds. The molecule has 8 aromatic carbocycles. The van der Waals surface area contributed by atoms with Gasteiger partial charge in [0.05, 0.1) is 17.1 Å². The molecule has 1 aliphatic carbocycles. The molecule has 0 saturated carbocycles. The number of benzene rings is 8. The van der Waals surface area contributed by atoms with Gasteiger partial charge in [-0.15, -0.1) is 0 Å². The zero-order valence-electron chi connectivity index (χ0n) is 31.6. The van der Waals surface area contributed by atoms with Crippen LogP contribution in [0, 0.1) is 0 Å². The summed E-state index contributed by atoms with van der Waals surface area (Å²) in [5, 5.41) is 4.93. The van der Waals surface area contributed by atoms with Crippen molar-refractivity contribution in [3.8, 4) is 11.1 Å². The predicted molar refractivity (Wildman–Crippen MR) is 232 cm³/mol. The summed E-state index contributed by atoms with van der Waals surface area (Å²) in [5.74, 6) is 0. The zero-order valence-corrected chi connectivity index (χ0v) is 31.6. The molecule has 264 valence electrons. The summed E-state index contributed by atoms with van der Waals surface area (Å²) in [6.45, 7) is 9.69. The summed E-state index contributed by atoms with van der Waals surface area (Å²) >= 11 is 0. The van der Waals surface area contributed by atoms with Crippen molar-refractivity contribution in [1.29, 1.82) is 0 Å². The third-order valence-electron chi connectivity index (χ3n) is 11.6. The van der Waals surface area contributed by atoms with Gasteiger partial charge in [0.2, 0.25) is 0 Å². The Kier molecular flexibility index (Phi) is 8.35. The Balaban J connectivity index is 1.23. The van der Waals surface area contributed by atoms with E-state index in [0.29, 0.717) is 0 Å². The van der Waals surface area contributed by atoms with Crippen molar-refractivity contribution in [2.24, 2.45) is 0 Å². The minimum atomic E-state index is 0.0265. The first-order valence-corrected chi connectivity index (χ1v) is 19.2. The SMILES string of the molecule is CC1(C)CCC(C)(C)c2c(N(c3cccc(-c4cccc(N(c5ccccc5)c5cccc6ccccc56)c4)c3)c3cccc4ccccc34)cccc21. The summed E-state index contributed by atoms with van der Waals surface area (Å²) in [4.78, 5) is 4.92. The van der Waals surface area contributed by atoms with E-state index in [1.54, 1.807) is 0 Å². The first-order valence-electron chi connectivity index (χ1n) is 19.2. The Morgan fingerprint density at radius 1 is 0.370 bits per heavy atom. The second-order valence-electron chi connectivity index (χ2n) is 16.1. The van der Waals surface area contributed by atoms with E-state index < -0.39 is 0 Å². The van der Waals surface area contributed by atoms with Crippen LogP contribution in [0.15, 0.2) is 182 Å². The van der Waals surface area contributed by atoms with Crippen LogP contribution in [0.3, 0.4) is 0 Å². The molecule has 0 unspecified atom stereocenters. The average molecular weight is 699 g/mol. The third-order valence-corrected chi connectivity index (χ3v) is 11.6. The normalized spacial score (nSPS) is 14.4. The van der Waals surface area contributed by atoms with Crippen LogP contribution in [-0.2, 0) is 10.8 Å². The topological polar surface area (TPSA) is 6.48 Å². The molecule has 0 N–H and O–H groups in total. The van der Waals surface area contributed by atoms with Crippen molar-refractivity contribution in [3.05, 3.63) is 193 Å². The largest absolute Gasteiger partial charge is 0.310 e. The van der Waals surface area contributed by atoms with Gasteiger partial charge >= 0.3 is 0 Å². The molecule has 0 fully saturated rings. The lowest BCUT2D eigenvalue weighted by molar-refractivity contribution is 0.332. The van der Waals surface area contributed by atoms with E-state index in [9.17, 15) is 0 Å². The molecular formula is C52H46N2. The van der Waals surface area contributed by atoms with Gasteiger partial charge in [-0.2, -0.15) is 0 Å². The molecule has 0 aliphatic heterocycles. The lowest BCUT2D eigenvalue weighted by atomic mass is 9.62. The van der Waals surface area contributed by atoms with E-state index in [-0.39, 0.29) is 10.8 Å². The quantitative estimate of drug-likeness (QED) is 0.163. The molecule has 8 aromatic rings. The molecule has 2 nitrogen and oxygen atoms in total. The number of anilines is 6. The Bertz CT molecular complexity index is 2620. The fraction of sp³-hybridized carbons (Fsp3) is 0.154. The molecule has 54 heavy (non-hydrogen) atoms. The fourth-order valence-corrected chi connectivity index (χ4v) is 8.75. The smallest absolute Gasteiger partial charge is 0.0540 e. The first kappa shape index (κ1) is 33.7. The summed E-state index contributed by atoms with van der Waals surface area (Å²) < 4.78 is 0. The summed E-state index contributed by atoms with van der Waals surface area (Å²) in [7, 11) is 0. The summed E-state index contributed by atoms with van der Waals surface area (Å²) in [5.41, 5.74) is 12.4. The van der Waals surface area contributed by atoms with Crippen LogP contribution >= 0.6 is 0 Å². The molecule has 0 spiro atoms. The van der Waals surface area contributed by atoms with Gasteiger partial charge in [-0.25, -0.2) is 0 Å². The fourth-order valence-electron chi connectivity index (χ4n) is 8.75. The predicted octanol–water partition coefficient (Wildman–Crippen LogP) is 14.9. The first-order chi connectivity index (χ1) is 26.3. The van der Waals surface area contributed by atoms with Gasteiger partial charge in [0.15, 0.2) is 0 Å². The maximum atomic E-state index is 2.53. The van der Waals surface area contributed by atoms with E-state index in [2.05, 4.69) is 219 Å². The van der Waals surface area contributed by atoms with E-state index in [4.69, 9.17) is 0 Å². The van der Waals surface area contributed by atoms with Gasteiger partial charge in [-0.3, -0.25) is 0 Å².